The predicted molar refractivity (Wildman–Crippen MR) is 114 cm³/mol. The van der Waals surface area contributed by atoms with Gasteiger partial charge in [-0.15, -0.1) is 10.2 Å². The lowest BCUT2D eigenvalue weighted by Gasteiger charge is -2.48. The van der Waals surface area contributed by atoms with Crippen molar-refractivity contribution in [2.75, 3.05) is 7.05 Å². The fraction of sp³-hybridized carbons (Fsp3) is 0.435. The van der Waals surface area contributed by atoms with Gasteiger partial charge in [0, 0.05) is 54.0 Å². The molecule has 2 aliphatic rings. The molecule has 2 saturated heterocycles. The molecule has 0 saturated carbocycles. The van der Waals surface area contributed by atoms with Gasteiger partial charge in [-0.3, -0.25) is 4.90 Å². The van der Waals surface area contributed by atoms with Crippen molar-refractivity contribution in [2.45, 2.75) is 56.7 Å². The fourth-order valence-electron chi connectivity index (χ4n) is 5.15. The van der Waals surface area contributed by atoms with E-state index in [0.29, 0.717) is 17.1 Å². The standard InChI is InChI=1S/C23H27N5O2/c1-22-8-9-23(2,27(22)3)14-17(13-22)30-21-7-6-19(25-26-21)18-5-4-16(12-20(18)29)28-11-10-24-15-28/h4-7,10-12,15,17,29H,8-9,13-14H2,1-3H3. The third kappa shape index (κ3) is 3.13. The number of imidazole rings is 1. The van der Waals surface area contributed by atoms with Gasteiger partial charge in [-0.25, -0.2) is 4.98 Å². The minimum absolute atomic E-state index is 0.140. The number of phenolic OH excluding ortho intramolecular Hbond substituents is 1. The number of aromatic hydroxyl groups is 1. The molecular weight excluding hydrogens is 378 g/mol. The van der Waals surface area contributed by atoms with E-state index in [0.717, 1.165) is 18.5 Å². The molecule has 156 valence electrons. The number of benzene rings is 1. The largest absolute Gasteiger partial charge is 0.507 e. The number of nitrogens with zero attached hydrogens (tertiary/aromatic N) is 5. The normalized spacial score (nSPS) is 28.6. The van der Waals surface area contributed by atoms with Crippen LogP contribution in [0.2, 0.25) is 0 Å². The topological polar surface area (TPSA) is 76.3 Å². The lowest BCUT2D eigenvalue weighted by atomic mass is 9.84. The minimum atomic E-state index is 0.140. The molecule has 2 aliphatic heterocycles. The molecule has 1 aromatic carbocycles. The van der Waals surface area contributed by atoms with Crippen molar-refractivity contribution in [1.29, 1.82) is 0 Å². The smallest absolute Gasteiger partial charge is 0.233 e. The average molecular weight is 406 g/mol. The number of hydrogen-bond acceptors (Lipinski definition) is 6. The van der Waals surface area contributed by atoms with Gasteiger partial charge in [0.1, 0.15) is 11.9 Å². The molecule has 7 nitrogen and oxygen atoms in total. The second kappa shape index (κ2) is 6.80. The number of ether oxygens (including phenoxy) is 1. The van der Waals surface area contributed by atoms with Crippen molar-refractivity contribution in [3.63, 3.8) is 0 Å². The first kappa shape index (κ1) is 19.1. The molecule has 30 heavy (non-hydrogen) atoms. The van der Waals surface area contributed by atoms with Gasteiger partial charge in [0.2, 0.25) is 5.88 Å². The first-order chi connectivity index (χ1) is 14.4. The number of piperidine rings is 1. The zero-order valence-electron chi connectivity index (χ0n) is 17.6. The Bertz CT molecular complexity index is 1030. The van der Waals surface area contributed by atoms with E-state index in [1.807, 2.05) is 35.0 Å². The van der Waals surface area contributed by atoms with Crippen LogP contribution in [0.25, 0.3) is 16.9 Å². The average Bonchev–Trinajstić information content (AvgIpc) is 3.30. The first-order valence-corrected chi connectivity index (χ1v) is 10.4. The molecule has 0 aliphatic carbocycles. The van der Waals surface area contributed by atoms with Crippen LogP contribution >= 0.6 is 0 Å². The van der Waals surface area contributed by atoms with E-state index in [9.17, 15) is 5.11 Å². The molecule has 0 radical (unpaired) electrons. The summed E-state index contributed by atoms with van der Waals surface area (Å²) in [6.07, 6.45) is 9.77. The van der Waals surface area contributed by atoms with Gasteiger partial charge in [0.15, 0.2) is 0 Å². The van der Waals surface area contributed by atoms with Gasteiger partial charge in [0.05, 0.1) is 17.7 Å². The van der Waals surface area contributed by atoms with Gasteiger partial charge < -0.3 is 14.4 Å². The molecule has 1 N–H and O–H groups in total. The summed E-state index contributed by atoms with van der Waals surface area (Å²) in [5.41, 5.74) is 2.46. The molecule has 7 heteroatoms. The predicted octanol–water partition coefficient (Wildman–Crippen LogP) is 3.82. The maximum atomic E-state index is 10.5. The lowest BCUT2D eigenvalue weighted by molar-refractivity contribution is -0.0266. The van der Waals surface area contributed by atoms with E-state index in [1.54, 1.807) is 18.6 Å². The summed E-state index contributed by atoms with van der Waals surface area (Å²) in [4.78, 5) is 6.57. The van der Waals surface area contributed by atoms with Gasteiger partial charge in [-0.05, 0) is 51.9 Å². The first-order valence-electron chi connectivity index (χ1n) is 10.4. The van der Waals surface area contributed by atoms with Crippen molar-refractivity contribution in [3.8, 4) is 28.6 Å². The molecule has 2 bridgehead atoms. The zero-order valence-corrected chi connectivity index (χ0v) is 17.6. The van der Waals surface area contributed by atoms with E-state index in [2.05, 4.69) is 41.0 Å². The SMILES string of the molecule is CN1C2(C)CCC1(C)CC(Oc1ccc(-c3ccc(-n4ccnc4)cc3O)nn1)C2. The van der Waals surface area contributed by atoms with Gasteiger partial charge in [0.25, 0.3) is 0 Å². The van der Waals surface area contributed by atoms with Crippen LogP contribution in [0.5, 0.6) is 11.6 Å². The summed E-state index contributed by atoms with van der Waals surface area (Å²) < 4.78 is 8.07. The molecule has 0 spiro atoms. The highest BCUT2D eigenvalue weighted by molar-refractivity contribution is 5.68. The Labute approximate surface area is 176 Å². The second-order valence-corrected chi connectivity index (χ2v) is 9.13. The van der Waals surface area contributed by atoms with E-state index in [1.165, 1.54) is 12.8 Å². The highest BCUT2D eigenvalue weighted by Gasteiger charge is 2.54. The Kier molecular flexibility index (Phi) is 4.32. The molecule has 2 atom stereocenters. The Balaban J connectivity index is 1.32. The van der Waals surface area contributed by atoms with Crippen LogP contribution in [-0.2, 0) is 0 Å². The quantitative estimate of drug-likeness (QED) is 0.711. The fourth-order valence-corrected chi connectivity index (χ4v) is 5.15. The maximum Gasteiger partial charge on any atom is 0.233 e. The molecule has 5 rings (SSSR count). The highest BCUT2D eigenvalue weighted by Crippen LogP contribution is 2.49. The third-order valence-corrected chi connectivity index (χ3v) is 7.14. The van der Waals surface area contributed by atoms with Crippen LogP contribution in [0.3, 0.4) is 0 Å². The summed E-state index contributed by atoms with van der Waals surface area (Å²) in [6.45, 7) is 4.66. The number of aromatic nitrogens is 4. The molecule has 4 heterocycles. The number of rotatable bonds is 4. The summed E-state index contributed by atoms with van der Waals surface area (Å²) in [5.74, 6) is 0.686. The third-order valence-electron chi connectivity index (χ3n) is 7.14. The van der Waals surface area contributed by atoms with E-state index >= 15 is 0 Å². The second-order valence-electron chi connectivity index (χ2n) is 9.13. The summed E-state index contributed by atoms with van der Waals surface area (Å²) >= 11 is 0. The summed E-state index contributed by atoms with van der Waals surface area (Å²) in [5, 5.41) is 19.1. The summed E-state index contributed by atoms with van der Waals surface area (Å²) in [6, 6.07) is 9.14. The molecular formula is C23H27N5O2. The van der Waals surface area contributed by atoms with Crippen molar-refractivity contribution in [2.24, 2.45) is 0 Å². The Morgan fingerprint density at radius 1 is 1.07 bits per heavy atom. The Morgan fingerprint density at radius 2 is 1.83 bits per heavy atom. The maximum absolute atomic E-state index is 10.5. The van der Waals surface area contributed by atoms with Crippen molar-refractivity contribution >= 4 is 0 Å². The monoisotopic (exact) mass is 405 g/mol. The highest BCUT2D eigenvalue weighted by atomic mass is 16.5. The van der Waals surface area contributed by atoms with Gasteiger partial charge >= 0.3 is 0 Å². The van der Waals surface area contributed by atoms with Crippen molar-refractivity contribution in [1.82, 2.24) is 24.6 Å². The molecule has 0 amide bonds. The zero-order chi connectivity index (χ0) is 20.9. The van der Waals surface area contributed by atoms with Crippen LogP contribution in [0.1, 0.15) is 39.5 Å². The Morgan fingerprint density at radius 3 is 2.43 bits per heavy atom. The van der Waals surface area contributed by atoms with Crippen LogP contribution in [-0.4, -0.2) is 54.0 Å². The van der Waals surface area contributed by atoms with Crippen LogP contribution < -0.4 is 4.74 Å². The van der Waals surface area contributed by atoms with Gasteiger partial charge in [-0.2, -0.15) is 0 Å². The summed E-state index contributed by atoms with van der Waals surface area (Å²) in [7, 11) is 2.24. The van der Waals surface area contributed by atoms with Crippen molar-refractivity contribution in [3.05, 3.63) is 49.1 Å². The van der Waals surface area contributed by atoms with E-state index in [4.69, 9.17) is 4.74 Å². The molecule has 3 aromatic rings. The van der Waals surface area contributed by atoms with Crippen molar-refractivity contribution < 1.29 is 9.84 Å². The minimum Gasteiger partial charge on any atom is -0.507 e. The number of hydrogen-bond donors (Lipinski definition) is 1. The van der Waals surface area contributed by atoms with Gasteiger partial charge in [-0.1, -0.05) is 0 Å². The van der Waals surface area contributed by atoms with Crippen LogP contribution in [0.15, 0.2) is 49.1 Å². The molecule has 2 unspecified atom stereocenters. The van der Waals surface area contributed by atoms with E-state index < -0.39 is 0 Å². The Hall–Kier alpha value is -2.93. The van der Waals surface area contributed by atoms with Crippen LogP contribution in [0.4, 0.5) is 0 Å². The van der Waals surface area contributed by atoms with E-state index in [-0.39, 0.29) is 22.9 Å². The number of phenols is 1. The molecule has 2 aromatic heterocycles. The molecule has 2 fully saturated rings. The lowest BCUT2D eigenvalue weighted by Crippen LogP contribution is -2.57. The number of fused-ring (bicyclic) bond motifs is 2. The van der Waals surface area contributed by atoms with Crippen LogP contribution in [0, 0.1) is 0 Å².